The Kier molecular flexibility index (Phi) is 3.97. The number of pyridine rings is 2. The molecule has 0 saturated carbocycles. The van der Waals surface area contributed by atoms with Crippen LogP contribution in [0.25, 0.3) is 11.4 Å². The number of rotatable bonds is 2. The highest BCUT2D eigenvalue weighted by Gasteiger charge is 2.07. The second kappa shape index (κ2) is 5.96. The predicted octanol–water partition coefficient (Wildman–Crippen LogP) is 3.22. The van der Waals surface area contributed by atoms with Gasteiger partial charge in [0.1, 0.15) is 0 Å². The first kappa shape index (κ1) is 16.0. The van der Waals surface area contributed by atoms with Gasteiger partial charge in [-0.05, 0) is 52.0 Å². The topological polar surface area (TPSA) is 44.0 Å². The summed E-state index contributed by atoms with van der Waals surface area (Å²) in [5.41, 5.74) is 5.68. The molecule has 2 aromatic heterocycles. The summed E-state index contributed by atoms with van der Waals surface area (Å²) in [5, 5.41) is 0. The summed E-state index contributed by atoms with van der Waals surface area (Å²) in [6.07, 6.45) is 0. The highest BCUT2D eigenvalue weighted by atomic mass is 16.1. The van der Waals surface area contributed by atoms with Crippen LogP contribution in [0.3, 0.4) is 0 Å². The first-order chi connectivity index (χ1) is 11.4. The van der Waals surface area contributed by atoms with E-state index in [2.05, 4.69) is 9.13 Å². The highest BCUT2D eigenvalue weighted by Crippen LogP contribution is 2.18. The molecule has 4 nitrogen and oxygen atoms in total. The average Bonchev–Trinajstić information content (AvgIpc) is 2.46. The van der Waals surface area contributed by atoms with E-state index >= 15 is 0 Å². The van der Waals surface area contributed by atoms with Crippen molar-refractivity contribution >= 4 is 0 Å². The zero-order valence-corrected chi connectivity index (χ0v) is 14.3. The second-order valence-corrected chi connectivity index (χ2v) is 6.13. The first-order valence-electron chi connectivity index (χ1n) is 7.88. The average molecular weight is 320 g/mol. The Bertz CT molecular complexity index is 888. The van der Waals surface area contributed by atoms with Gasteiger partial charge in [0.25, 0.3) is 0 Å². The van der Waals surface area contributed by atoms with Crippen molar-refractivity contribution in [3.8, 4) is 11.4 Å². The maximum Gasteiger partial charge on any atom is 0.182 e. The van der Waals surface area contributed by atoms with E-state index in [4.69, 9.17) is 0 Å². The van der Waals surface area contributed by atoms with Crippen molar-refractivity contribution < 1.29 is 0 Å². The quantitative estimate of drug-likeness (QED) is 0.728. The van der Waals surface area contributed by atoms with E-state index in [9.17, 15) is 9.59 Å². The van der Waals surface area contributed by atoms with Crippen LogP contribution >= 0.6 is 0 Å². The molecule has 0 aliphatic rings. The van der Waals surface area contributed by atoms with Crippen molar-refractivity contribution in [3.63, 3.8) is 0 Å². The third kappa shape index (κ3) is 2.83. The number of aromatic nitrogens is 2. The van der Waals surface area contributed by atoms with Crippen LogP contribution in [-0.4, -0.2) is 9.13 Å². The smallest absolute Gasteiger partial charge is 0.182 e. The Morgan fingerprint density at radius 3 is 1.04 bits per heavy atom. The van der Waals surface area contributed by atoms with E-state index in [1.807, 2.05) is 52.0 Å². The molecule has 0 radical (unpaired) electrons. The van der Waals surface area contributed by atoms with Crippen molar-refractivity contribution in [2.24, 2.45) is 0 Å². The molecule has 0 aliphatic heterocycles. The van der Waals surface area contributed by atoms with Crippen LogP contribution in [0.1, 0.15) is 22.8 Å². The van der Waals surface area contributed by atoms with E-state index in [0.29, 0.717) is 0 Å². The molecule has 0 saturated heterocycles. The number of benzene rings is 1. The van der Waals surface area contributed by atoms with Crippen LogP contribution in [0.15, 0.2) is 58.1 Å². The van der Waals surface area contributed by atoms with E-state index in [1.54, 1.807) is 24.3 Å². The van der Waals surface area contributed by atoms with Gasteiger partial charge in [0.05, 0.1) is 0 Å². The molecular weight excluding hydrogens is 300 g/mol. The zero-order chi connectivity index (χ0) is 17.4. The van der Waals surface area contributed by atoms with Gasteiger partial charge in [0, 0.05) is 58.4 Å². The molecule has 0 N–H and O–H groups in total. The van der Waals surface area contributed by atoms with Gasteiger partial charge in [-0.25, -0.2) is 0 Å². The van der Waals surface area contributed by atoms with Crippen LogP contribution in [0.4, 0.5) is 0 Å². The lowest BCUT2D eigenvalue weighted by Gasteiger charge is -2.17. The summed E-state index contributed by atoms with van der Waals surface area (Å²) < 4.78 is 4.10. The summed E-state index contributed by atoms with van der Waals surface area (Å²) >= 11 is 0. The number of hydrogen-bond acceptors (Lipinski definition) is 2. The lowest BCUT2D eigenvalue weighted by atomic mass is 10.2. The summed E-state index contributed by atoms with van der Waals surface area (Å²) in [6.45, 7) is 7.72. The molecule has 0 spiro atoms. The van der Waals surface area contributed by atoms with Crippen LogP contribution in [0.2, 0.25) is 0 Å². The molecule has 3 aromatic rings. The predicted molar refractivity (Wildman–Crippen MR) is 96.6 cm³/mol. The normalized spacial score (nSPS) is 10.8. The molecule has 0 aliphatic carbocycles. The molecule has 24 heavy (non-hydrogen) atoms. The van der Waals surface area contributed by atoms with Gasteiger partial charge in [-0.15, -0.1) is 0 Å². The van der Waals surface area contributed by atoms with Gasteiger partial charge in [-0.3, -0.25) is 9.59 Å². The Labute approximate surface area is 140 Å². The minimum atomic E-state index is 0.0254. The standard InChI is InChI=1S/C20H20N2O2/c1-13-9-19(23)10-14(2)21(13)17-5-7-18(8-6-17)22-15(3)11-20(24)12-16(22)4/h5-12H,1-4H3. The monoisotopic (exact) mass is 320 g/mol. The molecule has 0 fully saturated rings. The van der Waals surface area contributed by atoms with E-state index in [1.165, 1.54) is 0 Å². The summed E-state index contributed by atoms with van der Waals surface area (Å²) in [4.78, 5) is 23.2. The van der Waals surface area contributed by atoms with Crippen LogP contribution in [-0.2, 0) is 0 Å². The van der Waals surface area contributed by atoms with Gasteiger partial charge in [0.2, 0.25) is 0 Å². The third-order valence-electron chi connectivity index (χ3n) is 4.18. The van der Waals surface area contributed by atoms with Gasteiger partial charge in [-0.1, -0.05) is 0 Å². The maximum absolute atomic E-state index is 11.6. The minimum Gasteiger partial charge on any atom is -0.318 e. The van der Waals surface area contributed by atoms with Crippen molar-refractivity contribution in [2.45, 2.75) is 27.7 Å². The van der Waals surface area contributed by atoms with Gasteiger partial charge < -0.3 is 9.13 Å². The number of aryl methyl sites for hydroxylation is 4. The minimum absolute atomic E-state index is 0.0254. The van der Waals surface area contributed by atoms with Gasteiger partial charge in [-0.2, -0.15) is 0 Å². The number of hydrogen-bond donors (Lipinski definition) is 0. The van der Waals surface area contributed by atoms with Crippen LogP contribution in [0, 0.1) is 27.7 Å². The fraction of sp³-hybridized carbons (Fsp3) is 0.200. The van der Waals surface area contributed by atoms with Crippen molar-refractivity contribution in [1.82, 2.24) is 9.13 Å². The lowest BCUT2D eigenvalue weighted by Crippen LogP contribution is -2.12. The van der Waals surface area contributed by atoms with Crippen molar-refractivity contribution in [1.29, 1.82) is 0 Å². The Balaban J connectivity index is 2.10. The number of nitrogens with zero attached hydrogens (tertiary/aromatic N) is 2. The molecule has 1 aromatic carbocycles. The van der Waals surface area contributed by atoms with Crippen LogP contribution < -0.4 is 10.9 Å². The lowest BCUT2D eigenvalue weighted by molar-refractivity contribution is 0.906. The fourth-order valence-corrected chi connectivity index (χ4v) is 3.29. The maximum atomic E-state index is 11.6. The fourth-order valence-electron chi connectivity index (χ4n) is 3.29. The largest absolute Gasteiger partial charge is 0.318 e. The van der Waals surface area contributed by atoms with Gasteiger partial charge in [0.15, 0.2) is 10.9 Å². The van der Waals surface area contributed by atoms with Gasteiger partial charge >= 0.3 is 0 Å². The third-order valence-corrected chi connectivity index (χ3v) is 4.18. The van der Waals surface area contributed by atoms with E-state index < -0.39 is 0 Å². The molecule has 4 heteroatoms. The Hall–Kier alpha value is -2.88. The van der Waals surface area contributed by atoms with E-state index in [-0.39, 0.29) is 10.9 Å². The summed E-state index contributed by atoms with van der Waals surface area (Å²) in [5.74, 6) is 0. The van der Waals surface area contributed by atoms with Crippen molar-refractivity contribution in [2.75, 3.05) is 0 Å². The SMILES string of the molecule is Cc1cc(=O)cc(C)n1-c1ccc(-n2c(C)cc(=O)cc2C)cc1. The molecule has 0 atom stereocenters. The summed E-state index contributed by atoms with van der Waals surface area (Å²) in [6, 6.07) is 14.6. The zero-order valence-electron chi connectivity index (χ0n) is 14.3. The molecule has 0 bridgehead atoms. The molecule has 0 unspecified atom stereocenters. The second-order valence-electron chi connectivity index (χ2n) is 6.13. The molecule has 0 amide bonds. The molecule has 3 rings (SSSR count). The van der Waals surface area contributed by atoms with E-state index in [0.717, 1.165) is 34.2 Å². The van der Waals surface area contributed by atoms with Crippen molar-refractivity contribution in [3.05, 3.63) is 91.8 Å². The molecule has 2 heterocycles. The molecular formula is C20H20N2O2. The van der Waals surface area contributed by atoms with Crippen LogP contribution in [0.5, 0.6) is 0 Å². The Morgan fingerprint density at radius 1 is 0.542 bits per heavy atom. The Morgan fingerprint density at radius 2 is 0.792 bits per heavy atom. The highest BCUT2D eigenvalue weighted by molar-refractivity contribution is 5.45. The summed E-state index contributed by atoms with van der Waals surface area (Å²) in [7, 11) is 0. The first-order valence-corrected chi connectivity index (χ1v) is 7.88. The molecule has 122 valence electrons.